The van der Waals surface area contributed by atoms with Crippen molar-refractivity contribution in [2.75, 3.05) is 0 Å². The van der Waals surface area contributed by atoms with Crippen LogP contribution < -0.4 is 0 Å². The van der Waals surface area contributed by atoms with Gasteiger partial charge in [-0.3, -0.25) is 4.21 Å². The summed E-state index contributed by atoms with van der Waals surface area (Å²) in [6.45, 7) is 0. The van der Waals surface area contributed by atoms with Crippen LogP contribution in [-0.2, 0) is 9.07 Å². The Hall–Kier alpha value is -11.6. The number of hydrogen-bond acceptors (Lipinski definition) is 3. The van der Waals surface area contributed by atoms with Gasteiger partial charge < -0.3 is 18.0 Å². The second-order valence-corrected chi connectivity index (χ2v) is 27.8. The maximum atomic E-state index is 18.1. The second-order valence-electron chi connectivity index (χ2n) is 24.1. The highest BCUT2D eigenvalue weighted by molar-refractivity contribution is 8.21. The van der Waals surface area contributed by atoms with Gasteiger partial charge in [-0.15, -0.1) is 0 Å². The van der Waals surface area contributed by atoms with Crippen LogP contribution in [0.2, 0.25) is 0 Å². The normalized spacial score (nSPS) is 14.1. The molecule has 0 bridgehead atoms. The fraction of sp³-hybridized carbons (Fsp3) is 0. The van der Waals surface area contributed by atoms with Crippen LogP contribution in [0.15, 0.2) is 332 Å². The van der Waals surface area contributed by atoms with E-state index in [1.165, 1.54) is 0 Å². The van der Waals surface area contributed by atoms with Crippen LogP contribution >= 0.6 is 0 Å². The Bertz CT molecular complexity index is 5860. The van der Waals surface area contributed by atoms with Crippen LogP contribution in [0.5, 0.6) is 0 Å². The summed E-state index contributed by atoms with van der Waals surface area (Å²) >= 11 is 0. The largest absolute Gasteiger partial charge is 0.455 e. The molecule has 0 amide bonds. The molecule has 5 nitrogen and oxygen atoms in total. The highest BCUT2D eigenvalue weighted by atomic mass is 32.3. The zero-order valence-corrected chi connectivity index (χ0v) is 49.2. The van der Waals surface area contributed by atoms with Gasteiger partial charge in [-0.1, -0.05) is 194 Å². The van der Waals surface area contributed by atoms with Crippen molar-refractivity contribution in [1.82, 2.24) is 9.13 Å². The molecule has 6 heterocycles. The van der Waals surface area contributed by atoms with Gasteiger partial charge in [0, 0.05) is 94.2 Å². The average molecular weight is 1170 g/mol. The lowest BCUT2D eigenvalue weighted by atomic mass is 9.93. The number of furan rings is 2. The van der Waals surface area contributed by atoms with Crippen LogP contribution in [0.3, 0.4) is 0 Å². The van der Waals surface area contributed by atoms with Crippen molar-refractivity contribution in [3.63, 3.8) is 0 Å². The fourth-order valence-corrected chi connectivity index (χ4v) is 21.0. The lowest BCUT2D eigenvalue weighted by Gasteiger charge is -2.38. The third kappa shape index (κ3) is 6.41. The summed E-state index contributed by atoms with van der Waals surface area (Å²) in [5.41, 5.74) is 22.5. The zero-order valence-electron chi connectivity index (χ0n) is 48.4. The molecule has 0 unspecified atom stereocenters. The maximum absolute atomic E-state index is 18.1. The van der Waals surface area contributed by atoms with E-state index in [0.29, 0.717) is 0 Å². The number of hydrogen-bond donors (Lipinski definition) is 0. The van der Waals surface area contributed by atoms with Crippen LogP contribution in [0.4, 0.5) is 0 Å². The van der Waals surface area contributed by atoms with Gasteiger partial charge in [0.05, 0.1) is 22.1 Å². The number of para-hydroxylation sites is 6. The first-order chi connectivity index (χ1) is 44.5. The monoisotopic (exact) mass is 1170 g/mol. The molecule has 0 N–H and O–H groups in total. The Labute approximate surface area is 516 Å². The van der Waals surface area contributed by atoms with Crippen LogP contribution in [0.1, 0.15) is 0 Å². The first kappa shape index (κ1) is 49.5. The third-order valence-corrected chi connectivity index (χ3v) is 24.4. The summed E-state index contributed by atoms with van der Waals surface area (Å²) in [5.74, 6) is 0. The molecule has 20 rings (SSSR count). The molecule has 0 saturated carbocycles. The number of rotatable bonds is 6. The summed E-state index contributed by atoms with van der Waals surface area (Å²) in [4.78, 5) is 3.38. The molecule has 2 aliphatic rings. The molecule has 0 fully saturated rings. The predicted octanol–water partition coefficient (Wildman–Crippen LogP) is 22.7. The Morgan fingerprint density at radius 3 is 1.09 bits per heavy atom. The van der Waals surface area contributed by atoms with E-state index in [-0.39, 0.29) is 0 Å². The van der Waals surface area contributed by atoms with E-state index in [4.69, 9.17) is 8.83 Å². The first-order valence-electron chi connectivity index (χ1n) is 30.7. The summed E-state index contributed by atoms with van der Waals surface area (Å²) in [5, 5.41) is 8.89. The van der Waals surface area contributed by atoms with E-state index in [9.17, 15) is 0 Å². The van der Waals surface area contributed by atoms with E-state index < -0.39 is 9.07 Å². The van der Waals surface area contributed by atoms with Crippen molar-refractivity contribution < 1.29 is 13.0 Å². The lowest BCUT2D eigenvalue weighted by Crippen LogP contribution is -2.30. The Kier molecular flexibility index (Phi) is 9.92. The lowest BCUT2D eigenvalue weighted by molar-refractivity contribution is 0.658. The highest BCUT2D eigenvalue weighted by Gasteiger charge is 2.57. The Morgan fingerprint density at radius 2 is 0.622 bits per heavy atom. The SMILES string of the molecule is O=S12(c3ccccc3-c3cc(-c4cccc(-c5c6oc7ccccc7c6cc6c5c5ccccc5n6-c5ccccc5)c4)ccc31)c1ccccc1-c1cc(-c3cccc(-c4c5oc6ccccc6c5cc5c4c4ccccc4n5-c4ccccc4)c3)ccc12. The van der Waals surface area contributed by atoms with Crippen LogP contribution in [0, 0.1) is 0 Å². The van der Waals surface area contributed by atoms with Gasteiger partial charge in [0.15, 0.2) is 0 Å². The summed E-state index contributed by atoms with van der Waals surface area (Å²) in [6, 6.07) is 108. The quantitative estimate of drug-likeness (QED) is 0.167. The van der Waals surface area contributed by atoms with Gasteiger partial charge in [-0.25, -0.2) is 0 Å². The van der Waals surface area contributed by atoms with Crippen molar-refractivity contribution in [3.05, 3.63) is 303 Å². The minimum atomic E-state index is -4.22. The molecule has 18 aromatic rings. The molecule has 0 saturated heterocycles. The van der Waals surface area contributed by atoms with Gasteiger partial charge in [-0.05, 0) is 165 Å². The molecule has 0 radical (unpaired) electrons. The maximum Gasteiger partial charge on any atom is 0.144 e. The Balaban J connectivity index is 0.755. The number of aromatic nitrogens is 2. The molecule has 0 aliphatic carbocycles. The van der Waals surface area contributed by atoms with Gasteiger partial charge in [0.2, 0.25) is 0 Å². The number of fused-ring (bicyclic) bond motifs is 22. The summed E-state index contributed by atoms with van der Waals surface area (Å²) in [6.07, 6.45) is 0. The van der Waals surface area contributed by atoms with E-state index in [2.05, 4.69) is 300 Å². The third-order valence-electron chi connectivity index (χ3n) is 19.6. The second kappa shape index (κ2) is 18.0. The van der Waals surface area contributed by atoms with Gasteiger partial charge in [-0.2, -0.15) is 0 Å². The fourth-order valence-electron chi connectivity index (χ4n) is 15.9. The van der Waals surface area contributed by atoms with E-state index in [1.54, 1.807) is 0 Å². The molecule has 1 spiro atoms. The van der Waals surface area contributed by atoms with E-state index in [1.807, 2.05) is 12.1 Å². The molecule has 4 aromatic heterocycles. The van der Waals surface area contributed by atoms with Crippen molar-refractivity contribution in [1.29, 1.82) is 0 Å². The number of benzene rings is 14. The molecule has 14 aromatic carbocycles. The molecule has 90 heavy (non-hydrogen) atoms. The number of nitrogens with zero attached hydrogens (tertiary/aromatic N) is 2. The Morgan fingerprint density at radius 1 is 0.256 bits per heavy atom. The van der Waals surface area contributed by atoms with Crippen LogP contribution in [-0.4, -0.2) is 13.3 Å². The molecular weight excluding hydrogens is 1120 g/mol. The predicted molar refractivity (Wildman–Crippen MR) is 370 cm³/mol. The molecule has 6 heteroatoms. The van der Waals surface area contributed by atoms with Crippen LogP contribution in [0.25, 0.3) is 166 Å². The average Bonchev–Trinajstić information content (AvgIpc) is 1.47. The molecule has 2 aliphatic heterocycles. The molecule has 420 valence electrons. The van der Waals surface area contributed by atoms with Crippen molar-refractivity contribution in [2.24, 2.45) is 0 Å². The molecular formula is C84H50N2O3S. The van der Waals surface area contributed by atoms with E-state index in [0.717, 1.165) is 185 Å². The van der Waals surface area contributed by atoms with Gasteiger partial charge in [0.1, 0.15) is 22.3 Å². The smallest absolute Gasteiger partial charge is 0.144 e. The topological polar surface area (TPSA) is 53.2 Å². The first-order valence-corrected chi connectivity index (χ1v) is 32.7. The molecule has 0 atom stereocenters. The summed E-state index contributed by atoms with van der Waals surface area (Å²) < 4.78 is 36.8. The van der Waals surface area contributed by atoms with Gasteiger partial charge >= 0.3 is 0 Å². The minimum absolute atomic E-state index is 0.842. The minimum Gasteiger partial charge on any atom is -0.455 e. The summed E-state index contributed by atoms with van der Waals surface area (Å²) in [7, 11) is -4.22. The zero-order chi connectivity index (χ0) is 59.0. The van der Waals surface area contributed by atoms with Crippen molar-refractivity contribution in [3.8, 4) is 78.1 Å². The van der Waals surface area contributed by atoms with E-state index >= 15 is 4.21 Å². The standard InChI is InChI=1S/C84H50N2O3S/c87-90(75-39-17-11-31-61(75)65-47-53(41-43-77(65)90)51-21-19-23-55(45-51)79-81-63-33-7-13-35-69(63)85(57-25-3-1-4-26-57)71(81)49-67-59-29-9-15-37-73(59)88-83(67)79)76-40-18-12-32-62(76)66-48-54(42-44-78(66)90)52-22-20-24-56(46-52)80-82-64-34-8-14-36-70(64)86(58-27-5-2-6-28-58)72(82)50-68-60-30-10-16-38-74(60)89-84(68)80/h1-50H. The van der Waals surface area contributed by atoms with Crippen molar-refractivity contribution >= 4 is 96.6 Å². The highest BCUT2D eigenvalue weighted by Crippen LogP contribution is 2.71. The van der Waals surface area contributed by atoms with Gasteiger partial charge in [0.25, 0.3) is 0 Å². The van der Waals surface area contributed by atoms with Crippen molar-refractivity contribution in [2.45, 2.75) is 19.6 Å².